The first-order valence-corrected chi connectivity index (χ1v) is 11.5. The van der Waals surface area contributed by atoms with Crippen LogP contribution in [0.4, 0.5) is 19.7 Å². The summed E-state index contributed by atoms with van der Waals surface area (Å²) in [4.78, 5) is 50.6. The number of carboxylic acid groups (broad SMARTS) is 2. The van der Waals surface area contributed by atoms with Gasteiger partial charge in [-0.15, -0.1) is 0 Å². The van der Waals surface area contributed by atoms with Crippen LogP contribution in [0.1, 0.15) is 47.5 Å². The van der Waals surface area contributed by atoms with Gasteiger partial charge in [-0.2, -0.15) is 0 Å². The van der Waals surface area contributed by atoms with Crippen LogP contribution in [0.25, 0.3) is 0 Å². The molecule has 5 N–H and O–H groups in total. The number of fused-ring (bicyclic) bond motifs is 1. The van der Waals surface area contributed by atoms with Crippen molar-refractivity contribution in [1.82, 2.24) is 10.6 Å². The number of ether oxygens (including phenoxy) is 1. The van der Waals surface area contributed by atoms with Gasteiger partial charge in [-0.05, 0) is 57.7 Å². The van der Waals surface area contributed by atoms with E-state index in [0.29, 0.717) is 0 Å². The molecule has 1 aromatic carbocycles. The van der Waals surface area contributed by atoms with Gasteiger partial charge >= 0.3 is 24.1 Å². The predicted octanol–water partition coefficient (Wildman–Crippen LogP) is 3.43. The fraction of sp³-hybridized carbons (Fsp3) is 0.583. The topological polar surface area (TPSA) is 154 Å². The molecule has 0 aromatic heterocycles. The minimum atomic E-state index is -2.00. The van der Waals surface area contributed by atoms with E-state index in [-0.39, 0.29) is 18.5 Å². The lowest BCUT2D eigenvalue weighted by molar-refractivity contribution is -0.155. The Kier molecular flexibility index (Phi) is 6.75. The Hall–Kier alpha value is -3.37. The highest BCUT2D eigenvalue weighted by molar-refractivity contribution is 5.93. The van der Waals surface area contributed by atoms with Crippen LogP contribution >= 0.6 is 0 Å². The molecular weight excluding hydrogens is 461 g/mol. The molecule has 5 atom stereocenters. The molecule has 11 heteroatoms. The Bertz CT molecular complexity index is 1040. The molecule has 35 heavy (non-hydrogen) atoms. The normalized spacial score (nSPS) is 28.4. The Balaban J connectivity index is 2.02. The van der Waals surface area contributed by atoms with E-state index >= 15 is 0 Å². The molecule has 3 amide bonds. The van der Waals surface area contributed by atoms with Crippen LogP contribution in [0.15, 0.2) is 24.3 Å². The number of hydrogen-bond donors (Lipinski definition) is 5. The summed E-state index contributed by atoms with van der Waals surface area (Å²) in [6, 6.07) is 3.60. The maximum Gasteiger partial charge on any atom is 0.408 e. The second kappa shape index (κ2) is 9.01. The summed E-state index contributed by atoms with van der Waals surface area (Å²) in [6.45, 7) is 8.35. The Morgan fingerprint density at radius 3 is 2.23 bits per heavy atom. The smallest absolute Gasteiger partial charge is 0.408 e. The van der Waals surface area contributed by atoms with Crippen molar-refractivity contribution in [1.29, 1.82) is 0 Å². The number of carboxylic acids is 2. The molecule has 0 saturated heterocycles. The lowest BCUT2D eigenvalue weighted by Gasteiger charge is -2.48. The van der Waals surface area contributed by atoms with Gasteiger partial charge in [0.05, 0.1) is 5.92 Å². The number of alkyl carbamates (subject to hydrolysis) is 1. The number of carbonyl (C=O) groups excluding carboxylic acids is 2. The third-order valence-corrected chi connectivity index (χ3v) is 7.29. The first-order valence-electron chi connectivity index (χ1n) is 11.5. The predicted molar refractivity (Wildman–Crippen MR) is 123 cm³/mol. The van der Waals surface area contributed by atoms with Crippen molar-refractivity contribution >= 4 is 29.8 Å². The summed E-state index contributed by atoms with van der Waals surface area (Å²) in [5.41, 5.74) is -3.96. The number of aliphatic carboxylic acids is 2. The minimum Gasteiger partial charge on any atom is -0.481 e. The van der Waals surface area contributed by atoms with Gasteiger partial charge in [-0.3, -0.25) is 4.79 Å². The number of benzene rings is 1. The highest BCUT2D eigenvalue weighted by Gasteiger charge is 2.84. The first-order chi connectivity index (χ1) is 16.2. The number of carbonyl (C=O) groups is 4. The summed E-state index contributed by atoms with van der Waals surface area (Å²) < 4.78 is 18.9. The van der Waals surface area contributed by atoms with Crippen LogP contribution in [0.3, 0.4) is 0 Å². The zero-order valence-corrected chi connectivity index (χ0v) is 20.3. The fourth-order valence-corrected chi connectivity index (χ4v) is 6.01. The van der Waals surface area contributed by atoms with Gasteiger partial charge in [-0.25, -0.2) is 18.8 Å². The largest absolute Gasteiger partial charge is 0.481 e. The molecular formula is C24H32FN3O7. The second-order valence-corrected chi connectivity index (χ2v) is 10.2. The van der Waals surface area contributed by atoms with Crippen molar-refractivity contribution in [2.45, 2.75) is 64.6 Å². The molecule has 0 bridgehead atoms. The van der Waals surface area contributed by atoms with Gasteiger partial charge in [0.25, 0.3) is 0 Å². The first kappa shape index (κ1) is 26.2. The molecule has 2 saturated carbocycles. The number of urea groups is 1. The fourth-order valence-electron chi connectivity index (χ4n) is 6.01. The quantitative estimate of drug-likeness (QED) is 0.390. The number of hydrogen-bond acceptors (Lipinski definition) is 5. The Labute approximate surface area is 202 Å². The molecule has 0 unspecified atom stereocenters. The summed E-state index contributed by atoms with van der Waals surface area (Å²) >= 11 is 0. The van der Waals surface area contributed by atoms with Crippen molar-refractivity contribution in [2.24, 2.45) is 23.2 Å². The van der Waals surface area contributed by atoms with Crippen LogP contribution in [0.2, 0.25) is 0 Å². The molecule has 2 aliphatic rings. The third-order valence-electron chi connectivity index (χ3n) is 7.29. The Morgan fingerprint density at radius 2 is 1.74 bits per heavy atom. The number of halogens is 1. The van der Waals surface area contributed by atoms with Gasteiger partial charge in [0.2, 0.25) is 0 Å². The van der Waals surface area contributed by atoms with E-state index in [9.17, 15) is 33.8 Å². The molecule has 3 rings (SSSR count). The standard InChI is InChI=1S/C24H32FN3O7/c1-6-23(7-2)17(27-20(33)26-13-10-8-9-12(25)11-13)14-15(18(29)30)16(14)24(23,19(31)32)28-21(34)35-22(3,4)5/h8-11,14-17H,6-7H2,1-5H3,(H,28,34)(H,29,30)(H,31,32)(H2,26,27,33)/t14-,15-,16+,17+,24-/m1/s1. The summed E-state index contributed by atoms with van der Waals surface area (Å²) in [6.07, 6.45) is -0.545. The number of rotatable bonds is 7. The van der Waals surface area contributed by atoms with Crippen LogP contribution in [0.5, 0.6) is 0 Å². The maximum absolute atomic E-state index is 13.5. The van der Waals surface area contributed by atoms with Gasteiger partial charge in [0.15, 0.2) is 5.54 Å². The van der Waals surface area contributed by atoms with Crippen LogP contribution in [-0.4, -0.2) is 51.5 Å². The zero-order chi connectivity index (χ0) is 26.3. The van der Waals surface area contributed by atoms with Crippen LogP contribution in [0, 0.1) is 29.0 Å². The zero-order valence-electron chi connectivity index (χ0n) is 20.3. The molecule has 192 valence electrons. The number of amides is 3. The van der Waals surface area contributed by atoms with E-state index in [2.05, 4.69) is 16.0 Å². The average molecular weight is 494 g/mol. The van der Waals surface area contributed by atoms with E-state index < -0.39 is 70.2 Å². The van der Waals surface area contributed by atoms with Crippen molar-refractivity contribution in [3.05, 3.63) is 30.1 Å². The van der Waals surface area contributed by atoms with Crippen molar-refractivity contribution in [3.8, 4) is 0 Å². The van der Waals surface area contributed by atoms with Gasteiger partial charge in [0.1, 0.15) is 11.4 Å². The molecule has 0 heterocycles. The number of nitrogens with one attached hydrogen (secondary N) is 3. The lowest BCUT2D eigenvalue weighted by atomic mass is 9.62. The summed E-state index contributed by atoms with van der Waals surface area (Å²) in [5.74, 6) is -5.96. The van der Waals surface area contributed by atoms with E-state index in [0.717, 1.165) is 6.07 Å². The van der Waals surface area contributed by atoms with Crippen molar-refractivity contribution in [2.75, 3.05) is 5.32 Å². The SMILES string of the molecule is CCC1(CC)[C@@H](NC(=O)Nc2cccc(F)c2)[C@@H]2[C@@H](C(=O)O)[C@H]2[C@@]1(NC(=O)OC(C)(C)C)C(=O)O. The van der Waals surface area contributed by atoms with Crippen LogP contribution < -0.4 is 16.0 Å². The molecule has 0 aliphatic heterocycles. The van der Waals surface area contributed by atoms with Gasteiger partial charge in [-0.1, -0.05) is 19.9 Å². The number of anilines is 1. The lowest BCUT2D eigenvalue weighted by Crippen LogP contribution is -2.69. The van der Waals surface area contributed by atoms with E-state index in [1.807, 2.05) is 0 Å². The van der Waals surface area contributed by atoms with Crippen molar-refractivity contribution in [3.63, 3.8) is 0 Å². The molecule has 0 spiro atoms. The van der Waals surface area contributed by atoms with E-state index in [1.54, 1.807) is 34.6 Å². The molecule has 2 fully saturated rings. The molecule has 0 radical (unpaired) electrons. The van der Waals surface area contributed by atoms with Crippen molar-refractivity contribution < 1.29 is 38.5 Å². The average Bonchev–Trinajstić information content (AvgIpc) is 3.42. The summed E-state index contributed by atoms with van der Waals surface area (Å²) in [7, 11) is 0. The summed E-state index contributed by atoms with van der Waals surface area (Å²) in [5, 5.41) is 28.1. The highest BCUT2D eigenvalue weighted by atomic mass is 19.1. The van der Waals surface area contributed by atoms with E-state index in [4.69, 9.17) is 4.74 Å². The molecule has 2 aliphatic carbocycles. The molecule has 10 nitrogen and oxygen atoms in total. The second-order valence-electron chi connectivity index (χ2n) is 10.2. The Morgan fingerprint density at radius 1 is 1.11 bits per heavy atom. The van der Waals surface area contributed by atoms with E-state index in [1.165, 1.54) is 18.2 Å². The maximum atomic E-state index is 13.5. The minimum absolute atomic E-state index is 0.178. The monoisotopic (exact) mass is 493 g/mol. The highest BCUT2D eigenvalue weighted by Crippen LogP contribution is 2.71. The van der Waals surface area contributed by atoms with Crippen LogP contribution in [-0.2, 0) is 14.3 Å². The van der Waals surface area contributed by atoms with Gasteiger partial charge in [0, 0.05) is 23.1 Å². The van der Waals surface area contributed by atoms with Gasteiger partial charge < -0.3 is 30.9 Å². The molecule has 1 aromatic rings. The third kappa shape index (κ3) is 4.39.